The first kappa shape index (κ1) is 18.0. The Bertz CT molecular complexity index is 816. The summed E-state index contributed by atoms with van der Waals surface area (Å²) in [6, 6.07) is 6.13. The molecule has 0 aliphatic carbocycles. The van der Waals surface area contributed by atoms with Crippen LogP contribution >= 0.6 is 11.3 Å². The second kappa shape index (κ2) is 8.05. The molecule has 0 atom stereocenters. The maximum Gasteiger partial charge on any atom is 0.254 e. The molecule has 0 bridgehead atoms. The number of hydrogen-bond acceptors (Lipinski definition) is 6. The Hall–Kier alpha value is -1.81. The first-order valence-electron chi connectivity index (χ1n) is 7.91. The predicted octanol–water partition coefficient (Wildman–Crippen LogP) is 1.14. The van der Waals surface area contributed by atoms with E-state index < -0.39 is 10.0 Å². The molecule has 134 valence electrons. The molecule has 1 fully saturated rings. The molecular weight excluding hydrogens is 362 g/mol. The van der Waals surface area contributed by atoms with Crippen LogP contribution < -0.4 is 4.72 Å². The van der Waals surface area contributed by atoms with Crippen molar-refractivity contribution in [2.75, 3.05) is 32.8 Å². The SMILES string of the molecule is O=C(c1cccc(S(=O)(=O)NCCc2nccs2)c1)N1CCOCC1. The van der Waals surface area contributed by atoms with Crippen molar-refractivity contribution in [1.29, 1.82) is 0 Å². The van der Waals surface area contributed by atoms with Crippen LogP contribution in [0.3, 0.4) is 0 Å². The number of hydrogen-bond donors (Lipinski definition) is 1. The van der Waals surface area contributed by atoms with Gasteiger partial charge in [0.1, 0.15) is 0 Å². The molecule has 1 aromatic heterocycles. The minimum absolute atomic E-state index is 0.0887. The molecule has 7 nitrogen and oxygen atoms in total. The minimum Gasteiger partial charge on any atom is -0.378 e. The highest BCUT2D eigenvalue weighted by atomic mass is 32.2. The highest BCUT2D eigenvalue weighted by Crippen LogP contribution is 2.14. The molecule has 1 N–H and O–H groups in total. The summed E-state index contributed by atoms with van der Waals surface area (Å²) in [4.78, 5) is 18.4. The fraction of sp³-hybridized carbons (Fsp3) is 0.375. The summed E-state index contributed by atoms with van der Waals surface area (Å²) in [5.41, 5.74) is 0.365. The van der Waals surface area contributed by atoms with Crippen molar-refractivity contribution in [2.45, 2.75) is 11.3 Å². The Morgan fingerprint density at radius 3 is 2.84 bits per heavy atom. The van der Waals surface area contributed by atoms with E-state index in [1.54, 1.807) is 23.2 Å². The van der Waals surface area contributed by atoms with E-state index in [4.69, 9.17) is 4.74 Å². The van der Waals surface area contributed by atoms with Gasteiger partial charge < -0.3 is 9.64 Å². The van der Waals surface area contributed by atoms with Crippen molar-refractivity contribution in [3.8, 4) is 0 Å². The van der Waals surface area contributed by atoms with Gasteiger partial charge >= 0.3 is 0 Å². The molecule has 9 heteroatoms. The summed E-state index contributed by atoms with van der Waals surface area (Å²) in [6.07, 6.45) is 2.22. The number of nitrogens with zero attached hydrogens (tertiary/aromatic N) is 2. The van der Waals surface area contributed by atoms with Crippen molar-refractivity contribution < 1.29 is 17.9 Å². The molecule has 0 spiro atoms. The number of benzene rings is 1. The molecule has 1 aromatic carbocycles. The van der Waals surface area contributed by atoms with Crippen molar-refractivity contribution >= 4 is 27.3 Å². The zero-order valence-corrected chi connectivity index (χ0v) is 15.2. The monoisotopic (exact) mass is 381 g/mol. The van der Waals surface area contributed by atoms with E-state index in [1.807, 2.05) is 5.38 Å². The summed E-state index contributed by atoms with van der Waals surface area (Å²) < 4.78 is 32.7. The van der Waals surface area contributed by atoms with Crippen LogP contribution in [0.15, 0.2) is 40.7 Å². The van der Waals surface area contributed by atoms with Gasteiger partial charge in [-0.1, -0.05) is 6.07 Å². The van der Waals surface area contributed by atoms with E-state index in [0.717, 1.165) is 5.01 Å². The predicted molar refractivity (Wildman–Crippen MR) is 94.2 cm³/mol. The molecule has 2 aromatic rings. The van der Waals surface area contributed by atoms with Crippen molar-refractivity contribution in [3.63, 3.8) is 0 Å². The van der Waals surface area contributed by atoms with Crippen LogP contribution in [0.1, 0.15) is 15.4 Å². The molecule has 1 aliphatic rings. The molecule has 25 heavy (non-hydrogen) atoms. The smallest absolute Gasteiger partial charge is 0.254 e. The van der Waals surface area contributed by atoms with E-state index in [2.05, 4.69) is 9.71 Å². The van der Waals surface area contributed by atoms with E-state index in [-0.39, 0.29) is 17.3 Å². The van der Waals surface area contributed by atoms with Crippen LogP contribution in [0, 0.1) is 0 Å². The van der Waals surface area contributed by atoms with Gasteiger partial charge in [-0.2, -0.15) is 0 Å². The number of thiazole rings is 1. The average molecular weight is 381 g/mol. The summed E-state index contributed by atoms with van der Waals surface area (Å²) in [5, 5.41) is 2.73. The topological polar surface area (TPSA) is 88.6 Å². The number of aromatic nitrogens is 1. The van der Waals surface area contributed by atoms with E-state index in [9.17, 15) is 13.2 Å². The van der Waals surface area contributed by atoms with Gasteiger partial charge in [0.25, 0.3) is 5.91 Å². The Morgan fingerprint density at radius 1 is 1.32 bits per heavy atom. The fourth-order valence-electron chi connectivity index (χ4n) is 2.50. The summed E-state index contributed by atoms with van der Waals surface area (Å²) in [7, 11) is -3.67. The van der Waals surface area contributed by atoms with Crippen LogP contribution in [-0.2, 0) is 21.2 Å². The lowest BCUT2D eigenvalue weighted by atomic mass is 10.2. The van der Waals surface area contributed by atoms with Crippen molar-refractivity contribution in [3.05, 3.63) is 46.4 Å². The first-order chi connectivity index (χ1) is 12.1. The van der Waals surface area contributed by atoms with E-state index in [0.29, 0.717) is 38.3 Å². The third-order valence-electron chi connectivity index (χ3n) is 3.80. The molecular formula is C16H19N3O4S2. The summed E-state index contributed by atoms with van der Waals surface area (Å²) in [5.74, 6) is -0.178. The maximum atomic E-state index is 12.5. The Kier molecular flexibility index (Phi) is 5.79. The van der Waals surface area contributed by atoms with Crippen LogP contribution in [0.5, 0.6) is 0 Å². The van der Waals surface area contributed by atoms with Gasteiger partial charge in [0.15, 0.2) is 0 Å². The van der Waals surface area contributed by atoms with Gasteiger partial charge in [-0.15, -0.1) is 11.3 Å². The molecule has 0 saturated carbocycles. The summed E-state index contributed by atoms with van der Waals surface area (Å²) in [6.45, 7) is 2.30. The number of ether oxygens (including phenoxy) is 1. The Morgan fingerprint density at radius 2 is 2.12 bits per heavy atom. The highest BCUT2D eigenvalue weighted by molar-refractivity contribution is 7.89. The third kappa shape index (κ3) is 4.63. The molecule has 1 saturated heterocycles. The number of carbonyl (C=O) groups is 1. The molecule has 3 rings (SSSR count). The van der Waals surface area contributed by atoms with Crippen LogP contribution in [0.25, 0.3) is 0 Å². The molecule has 0 unspecified atom stereocenters. The lowest BCUT2D eigenvalue weighted by Gasteiger charge is -2.27. The van der Waals surface area contributed by atoms with E-state index >= 15 is 0 Å². The second-order valence-corrected chi connectivity index (χ2v) is 8.25. The van der Waals surface area contributed by atoms with E-state index in [1.165, 1.54) is 23.5 Å². The van der Waals surface area contributed by atoms with Crippen LogP contribution in [0.4, 0.5) is 0 Å². The molecule has 1 amide bonds. The van der Waals surface area contributed by atoms with Gasteiger partial charge in [0.2, 0.25) is 10.0 Å². The largest absolute Gasteiger partial charge is 0.378 e. The molecule has 1 aliphatic heterocycles. The van der Waals surface area contributed by atoms with Gasteiger partial charge in [-0.05, 0) is 18.2 Å². The first-order valence-corrected chi connectivity index (χ1v) is 10.3. The van der Waals surface area contributed by atoms with Crippen molar-refractivity contribution in [1.82, 2.24) is 14.6 Å². The average Bonchev–Trinajstić information content (AvgIpc) is 3.15. The Labute approximate surface area is 150 Å². The highest BCUT2D eigenvalue weighted by Gasteiger charge is 2.21. The number of carbonyl (C=O) groups excluding carboxylic acids is 1. The zero-order chi connectivity index (χ0) is 17.7. The van der Waals surface area contributed by atoms with Gasteiger partial charge in [-0.25, -0.2) is 18.1 Å². The normalized spacial score (nSPS) is 15.3. The summed E-state index contributed by atoms with van der Waals surface area (Å²) >= 11 is 1.49. The Balaban J connectivity index is 1.67. The number of rotatable bonds is 6. The van der Waals surface area contributed by atoms with Crippen LogP contribution in [0.2, 0.25) is 0 Å². The molecule has 0 radical (unpaired) electrons. The van der Waals surface area contributed by atoms with Gasteiger partial charge in [-0.3, -0.25) is 4.79 Å². The number of amides is 1. The second-order valence-electron chi connectivity index (χ2n) is 5.51. The van der Waals surface area contributed by atoms with Crippen LogP contribution in [-0.4, -0.2) is 57.1 Å². The quantitative estimate of drug-likeness (QED) is 0.811. The van der Waals surface area contributed by atoms with Crippen molar-refractivity contribution in [2.24, 2.45) is 0 Å². The lowest BCUT2D eigenvalue weighted by Crippen LogP contribution is -2.40. The number of sulfonamides is 1. The lowest BCUT2D eigenvalue weighted by molar-refractivity contribution is 0.0302. The number of morpholine rings is 1. The number of nitrogens with one attached hydrogen (secondary N) is 1. The fourth-order valence-corrected chi connectivity index (χ4v) is 4.20. The zero-order valence-electron chi connectivity index (χ0n) is 13.6. The third-order valence-corrected chi connectivity index (χ3v) is 6.10. The maximum absolute atomic E-state index is 12.5. The standard InChI is InChI=1S/C16H19N3O4S2/c20-16(19-7-9-23-10-8-19)13-2-1-3-14(12-13)25(21,22)18-5-4-15-17-6-11-24-15/h1-3,6,11-12,18H,4-5,7-10H2. The van der Waals surface area contributed by atoms with Gasteiger partial charge in [0.05, 0.1) is 23.1 Å². The minimum atomic E-state index is -3.67. The molecule has 2 heterocycles. The van der Waals surface area contributed by atoms with Gasteiger partial charge in [0, 0.05) is 43.2 Å².